The number of allylic oxidation sites excluding steroid dienone is 22. The van der Waals surface area contributed by atoms with Crippen LogP contribution in [0.3, 0.4) is 0 Å². The number of hydrogen-bond acceptors (Lipinski definition) is 1. The summed E-state index contributed by atoms with van der Waals surface area (Å²) < 4.78 is 0. The van der Waals surface area contributed by atoms with Gasteiger partial charge in [0, 0.05) is 17.1 Å². The van der Waals surface area contributed by atoms with E-state index < -0.39 is 0 Å². The Morgan fingerprint density at radius 2 is 0.841 bits per heavy atom. The lowest BCUT2D eigenvalue weighted by molar-refractivity contribution is 1.00. The van der Waals surface area contributed by atoms with Crippen molar-refractivity contribution in [1.82, 2.24) is 0 Å². The molecule has 0 unspecified atom stereocenters. The van der Waals surface area contributed by atoms with E-state index >= 15 is 0 Å². The van der Waals surface area contributed by atoms with Gasteiger partial charge >= 0.3 is 0 Å². The highest BCUT2D eigenvalue weighted by atomic mass is 15.1. The average molecular weight is 896 g/mol. The molecule has 0 aliphatic rings. The van der Waals surface area contributed by atoms with Crippen LogP contribution in [0.1, 0.15) is 67.5 Å². The SMILES string of the molecule is C=C/C=C\C(=C/C)C(=CC=Cc1ccc(N(c2ccc(C=CC=C(C(/C=C\C)=C/C)c3ccccc3)cc2)c2ccc(CCC=C(C(/C=C\C)=C/C=C)c3ccccc3)cc2)cc1)c1ccccc1. The Labute approximate surface area is 413 Å². The molecule has 0 atom stereocenters. The summed E-state index contributed by atoms with van der Waals surface area (Å²) in [6.45, 7) is 16.1. The lowest BCUT2D eigenvalue weighted by atomic mass is 9.95. The minimum Gasteiger partial charge on any atom is -0.311 e. The molecule has 6 aromatic rings. The number of rotatable bonds is 21. The van der Waals surface area contributed by atoms with E-state index in [1.54, 1.807) is 0 Å². The molecular formula is C68H65N. The van der Waals surface area contributed by atoms with Crippen LogP contribution in [-0.4, -0.2) is 0 Å². The summed E-state index contributed by atoms with van der Waals surface area (Å²) >= 11 is 0. The first-order valence-electron chi connectivity index (χ1n) is 23.9. The quantitative estimate of drug-likeness (QED) is 0.0651. The van der Waals surface area contributed by atoms with Crippen LogP contribution in [0.15, 0.2) is 291 Å². The van der Waals surface area contributed by atoms with E-state index in [0.29, 0.717) is 0 Å². The molecular weight excluding hydrogens is 831 g/mol. The fraction of sp³-hybridized carbons (Fsp3) is 0.0882. The van der Waals surface area contributed by atoms with Crippen molar-refractivity contribution in [2.45, 2.75) is 40.5 Å². The van der Waals surface area contributed by atoms with E-state index in [1.807, 2.05) is 18.2 Å². The minimum atomic E-state index is 0.903. The van der Waals surface area contributed by atoms with E-state index in [2.05, 4.69) is 301 Å². The highest BCUT2D eigenvalue weighted by molar-refractivity contribution is 5.85. The third kappa shape index (κ3) is 14.6. The predicted molar refractivity (Wildman–Crippen MR) is 306 cm³/mol. The fourth-order valence-corrected chi connectivity index (χ4v) is 8.17. The number of anilines is 3. The topological polar surface area (TPSA) is 3.24 Å². The van der Waals surface area contributed by atoms with Gasteiger partial charge in [-0.05, 0) is 144 Å². The summed E-state index contributed by atoms with van der Waals surface area (Å²) in [5.74, 6) is 0. The molecule has 0 bridgehead atoms. The Bertz CT molecular complexity index is 2920. The van der Waals surface area contributed by atoms with Gasteiger partial charge in [-0.3, -0.25) is 0 Å². The zero-order chi connectivity index (χ0) is 48.5. The second-order valence-electron chi connectivity index (χ2n) is 16.3. The van der Waals surface area contributed by atoms with Crippen molar-refractivity contribution in [1.29, 1.82) is 0 Å². The molecule has 0 heterocycles. The van der Waals surface area contributed by atoms with Gasteiger partial charge in [0.25, 0.3) is 0 Å². The maximum absolute atomic E-state index is 3.98. The lowest BCUT2D eigenvalue weighted by Gasteiger charge is -2.26. The molecule has 0 N–H and O–H groups in total. The summed E-state index contributed by atoms with van der Waals surface area (Å²) in [7, 11) is 0. The first-order chi connectivity index (χ1) is 34.0. The van der Waals surface area contributed by atoms with E-state index in [0.717, 1.165) is 63.3 Å². The van der Waals surface area contributed by atoms with Crippen LogP contribution in [0.25, 0.3) is 28.9 Å². The summed E-state index contributed by atoms with van der Waals surface area (Å²) in [5.41, 5.74) is 17.3. The highest BCUT2D eigenvalue weighted by Gasteiger charge is 2.13. The molecule has 0 radical (unpaired) electrons. The Kier molecular flexibility index (Phi) is 19.9. The van der Waals surface area contributed by atoms with Crippen molar-refractivity contribution >= 4 is 45.9 Å². The van der Waals surface area contributed by atoms with Gasteiger partial charge in [0.1, 0.15) is 0 Å². The monoisotopic (exact) mass is 896 g/mol. The maximum Gasteiger partial charge on any atom is 0.0462 e. The van der Waals surface area contributed by atoms with Crippen LogP contribution < -0.4 is 4.90 Å². The van der Waals surface area contributed by atoms with Gasteiger partial charge in [0.05, 0.1) is 0 Å². The summed E-state index contributed by atoms with van der Waals surface area (Å²) in [6, 6.07) is 58.3. The molecule has 342 valence electrons. The molecule has 0 aliphatic heterocycles. The molecule has 6 rings (SSSR count). The van der Waals surface area contributed by atoms with Crippen molar-refractivity contribution in [3.05, 3.63) is 324 Å². The standard InChI is InChI=1S/C68H65N/c1-7-13-32-58(12-6)67(61-35-19-15-20-36-61)40-24-30-55-44-50-64(51-45-55)69(63-48-42-54(43-49-63)29-23-39-66(57(11-5)26-8-2)60-33-17-14-18-34-60)65-52-46-56(47-53-65)31-25-41-68(59(27-9-3)28-10-4)62-37-21-16-22-38-62/h7-24,26-30,32-53H,1,3,25,31H2,2,4-6H3/b26-8-,28-10-,29-23?,30-24?,32-13-,57-11+,58-12+,59-27+,66-39?,67-40?,68-41?. The molecule has 0 spiro atoms. The molecule has 0 fully saturated rings. The van der Waals surface area contributed by atoms with Crippen LogP contribution in [0.2, 0.25) is 0 Å². The average Bonchev–Trinajstić information content (AvgIpc) is 3.40. The van der Waals surface area contributed by atoms with Crippen LogP contribution in [0, 0.1) is 0 Å². The Balaban J connectivity index is 1.31. The highest BCUT2D eigenvalue weighted by Crippen LogP contribution is 2.36. The molecule has 0 saturated heterocycles. The van der Waals surface area contributed by atoms with Crippen LogP contribution in [-0.2, 0) is 6.42 Å². The van der Waals surface area contributed by atoms with Gasteiger partial charge in [-0.1, -0.05) is 250 Å². The van der Waals surface area contributed by atoms with Crippen molar-refractivity contribution < 1.29 is 0 Å². The molecule has 69 heavy (non-hydrogen) atoms. The van der Waals surface area contributed by atoms with Crippen LogP contribution in [0.5, 0.6) is 0 Å². The van der Waals surface area contributed by atoms with Crippen molar-refractivity contribution in [2.24, 2.45) is 0 Å². The van der Waals surface area contributed by atoms with Gasteiger partial charge in [-0.25, -0.2) is 0 Å². The normalized spacial score (nSPS) is 13.4. The number of hydrogen-bond donors (Lipinski definition) is 0. The number of benzene rings is 6. The summed E-state index contributed by atoms with van der Waals surface area (Å²) in [4.78, 5) is 2.34. The second kappa shape index (κ2) is 27.4. The van der Waals surface area contributed by atoms with Crippen molar-refractivity contribution in [2.75, 3.05) is 4.90 Å². The van der Waals surface area contributed by atoms with E-state index in [4.69, 9.17) is 0 Å². The minimum absolute atomic E-state index is 0.903. The molecule has 0 aliphatic carbocycles. The van der Waals surface area contributed by atoms with Crippen LogP contribution >= 0.6 is 0 Å². The molecule has 0 saturated carbocycles. The molecule has 0 amide bonds. The second-order valence-corrected chi connectivity index (χ2v) is 16.3. The number of nitrogens with zero attached hydrogens (tertiary/aromatic N) is 1. The maximum atomic E-state index is 3.98. The van der Waals surface area contributed by atoms with Gasteiger partial charge in [-0.2, -0.15) is 0 Å². The zero-order valence-electron chi connectivity index (χ0n) is 40.8. The van der Waals surface area contributed by atoms with Gasteiger partial charge in [-0.15, -0.1) is 0 Å². The zero-order valence-corrected chi connectivity index (χ0v) is 40.8. The number of aryl methyl sites for hydroxylation is 1. The first kappa shape index (κ1) is 50.2. The van der Waals surface area contributed by atoms with E-state index in [9.17, 15) is 0 Å². The van der Waals surface area contributed by atoms with Gasteiger partial charge in [0.15, 0.2) is 0 Å². The Hall–Kier alpha value is -8.26. The van der Waals surface area contributed by atoms with Gasteiger partial charge in [0.2, 0.25) is 0 Å². The Morgan fingerprint density at radius 3 is 1.26 bits per heavy atom. The third-order valence-electron chi connectivity index (χ3n) is 11.6. The summed E-state index contributed by atoms with van der Waals surface area (Å²) in [6.07, 6.45) is 39.8. The molecule has 1 nitrogen and oxygen atoms in total. The van der Waals surface area contributed by atoms with E-state index in [1.165, 1.54) is 33.4 Å². The Morgan fingerprint density at radius 1 is 0.420 bits per heavy atom. The van der Waals surface area contributed by atoms with Crippen molar-refractivity contribution in [3.63, 3.8) is 0 Å². The first-order valence-corrected chi connectivity index (χ1v) is 23.9. The van der Waals surface area contributed by atoms with E-state index in [-0.39, 0.29) is 0 Å². The smallest absolute Gasteiger partial charge is 0.0462 e. The molecule has 1 heteroatoms. The largest absolute Gasteiger partial charge is 0.311 e. The predicted octanol–water partition coefficient (Wildman–Crippen LogP) is 19.3. The molecule has 6 aromatic carbocycles. The fourth-order valence-electron chi connectivity index (χ4n) is 8.17. The summed E-state index contributed by atoms with van der Waals surface area (Å²) in [5, 5.41) is 0. The lowest BCUT2D eigenvalue weighted by Crippen LogP contribution is -2.10. The van der Waals surface area contributed by atoms with Crippen LogP contribution in [0.4, 0.5) is 17.1 Å². The van der Waals surface area contributed by atoms with Crippen molar-refractivity contribution in [3.8, 4) is 0 Å². The van der Waals surface area contributed by atoms with Gasteiger partial charge < -0.3 is 4.90 Å². The third-order valence-corrected chi connectivity index (χ3v) is 11.6. The molecule has 0 aromatic heterocycles.